The van der Waals surface area contributed by atoms with Gasteiger partial charge in [-0.05, 0) is 26.2 Å². The zero-order valence-electron chi connectivity index (χ0n) is 13.4. The first-order valence-electron chi connectivity index (χ1n) is 7.84. The number of nitrogens with zero attached hydrogens (tertiary/aromatic N) is 4. The molecular weight excluding hydrogens is 309 g/mol. The van der Waals surface area contributed by atoms with E-state index in [-0.39, 0.29) is 18.9 Å². The lowest BCUT2D eigenvalue weighted by molar-refractivity contribution is -0.183. The normalized spacial score (nSPS) is 22.9. The van der Waals surface area contributed by atoms with Gasteiger partial charge in [-0.1, -0.05) is 6.42 Å². The van der Waals surface area contributed by atoms with Crippen LogP contribution in [0.25, 0.3) is 0 Å². The number of aliphatic imine (C=N–C) groups is 1. The second-order valence-electron chi connectivity index (χ2n) is 5.74. The molecule has 1 heterocycles. The van der Waals surface area contributed by atoms with Gasteiger partial charge in [-0.25, -0.2) is 9.98 Å². The molecule has 1 fully saturated rings. The molecule has 0 spiro atoms. The van der Waals surface area contributed by atoms with Crippen molar-refractivity contribution >= 4 is 5.96 Å². The minimum Gasteiger partial charge on any atom is -0.357 e. The molecule has 1 aromatic rings. The largest absolute Gasteiger partial charge is 0.391 e. The molecule has 0 bridgehead atoms. The number of alkyl halides is 3. The Kier molecular flexibility index (Phi) is 5.84. The average Bonchev–Trinajstić information content (AvgIpc) is 2.90. The van der Waals surface area contributed by atoms with Crippen molar-refractivity contribution in [2.75, 3.05) is 6.54 Å². The van der Waals surface area contributed by atoms with Gasteiger partial charge in [-0.2, -0.15) is 18.3 Å². The van der Waals surface area contributed by atoms with Crippen molar-refractivity contribution in [3.63, 3.8) is 0 Å². The highest BCUT2D eigenvalue weighted by atomic mass is 19.4. The third kappa shape index (κ3) is 5.11. The van der Waals surface area contributed by atoms with Crippen LogP contribution in [0.2, 0.25) is 0 Å². The zero-order chi connectivity index (χ0) is 16.9. The van der Waals surface area contributed by atoms with E-state index in [2.05, 4.69) is 25.7 Å². The highest BCUT2D eigenvalue weighted by Crippen LogP contribution is 2.37. The molecule has 6 nitrogen and oxygen atoms in total. The summed E-state index contributed by atoms with van der Waals surface area (Å²) in [6.07, 6.45) is -1.06. The smallest absolute Gasteiger partial charge is 0.357 e. The maximum absolute atomic E-state index is 12.9. The van der Waals surface area contributed by atoms with Gasteiger partial charge in [0.15, 0.2) is 5.96 Å². The Bertz CT molecular complexity index is 525. The van der Waals surface area contributed by atoms with Crippen LogP contribution in [-0.4, -0.2) is 39.5 Å². The summed E-state index contributed by atoms with van der Waals surface area (Å²) in [6.45, 7) is 2.88. The van der Waals surface area contributed by atoms with Crippen molar-refractivity contribution in [2.45, 2.75) is 51.4 Å². The number of aromatic nitrogens is 3. The standard InChI is InChI=1S/C14H23F3N6/c1-3-18-13(19-8-12-20-9-21-23(12)2)22-11-6-4-5-10(7-11)14(15,16)17/h9-11H,3-8H2,1-2H3,(H2,18,19,22). The number of guanidine groups is 1. The molecule has 1 aromatic heterocycles. The van der Waals surface area contributed by atoms with Crippen LogP contribution < -0.4 is 10.6 Å². The van der Waals surface area contributed by atoms with Gasteiger partial charge in [-0.15, -0.1) is 0 Å². The molecular formula is C14H23F3N6. The lowest BCUT2D eigenvalue weighted by atomic mass is 9.85. The Balaban J connectivity index is 1.97. The maximum atomic E-state index is 12.9. The summed E-state index contributed by atoms with van der Waals surface area (Å²) in [7, 11) is 1.77. The molecule has 1 aliphatic carbocycles. The quantitative estimate of drug-likeness (QED) is 0.654. The van der Waals surface area contributed by atoms with E-state index in [0.717, 1.165) is 6.42 Å². The second-order valence-corrected chi connectivity index (χ2v) is 5.74. The molecule has 0 aromatic carbocycles. The Hall–Kier alpha value is -1.80. The number of hydrogen-bond donors (Lipinski definition) is 2. The van der Waals surface area contributed by atoms with Crippen molar-refractivity contribution in [2.24, 2.45) is 18.0 Å². The third-order valence-electron chi connectivity index (χ3n) is 4.01. The zero-order valence-corrected chi connectivity index (χ0v) is 13.4. The molecule has 2 N–H and O–H groups in total. The SMILES string of the molecule is CCNC(=NCc1ncnn1C)NC1CCCC(C(F)(F)F)C1. The van der Waals surface area contributed by atoms with Crippen LogP contribution in [-0.2, 0) is 13.6 Å². The topological polar surface area (TPSA) is 67.1 Å². The molecule has 23 heavy (non-hydrogen) atoms. The highest BCUT2D eigenvalue weighted by Gasteiger charge is 2.42. The van der Waals surface area contributed by atoms with E-state index >= 15 is 0 Å². The van der Waals surface area contributed by atoms with Gasteiger partial charge in [0, 0.05) is 19.6 Å². The van der Waals surface area contributed by atoms with Gasteiger partial charge in [0.1, 0.15) is 18.7 Å². The Labute approximate surface area is 133 Å². The summed E-state index contributed by atoms with van der Waals surface area (Å²) >= 11 is 0. The Morgan fingerprint density at radius 3 is 2.83 bits per heavy atom. The summed E-state index contributed by atoms with van der Waals surface area (Å²) in [4.78, 5) is 8.47. The monoisotopic (exact) mass is 332 g/mol. The van der Waals surface area contributed by atoms with E-state index in [1.54, 1.807) is 11.7 Å². The lowest BCUT2D eigenvalue weighted by Gasteiger charge is -2.31. The predicted octanol–water partition coefficient (Wildman–Crippen LogP) is 1.99. The molecule has 1 aliphatic rings. The van der Waals surface area contributed by atoms with Gasteiger partial charge < -0.3 is 10.6 Å². The van der Waals surface area contributed by atoms with E-state index in [1.165, 1.54) is 6.33 Å². The van der Waals surface area contributed by atoms with Crippen molar-refractivity contribution in [1.29, 1.82) is 0 Å². The van der Waals surface area contributed by atoms with E-state index < -0.39 is 12.1 Å². The molecule has 2 rings (SSSR count). The van der Waals surface area contributed by atoms with Gasteiger partial charge in [0.05, 0.1) is 5.92 Å². The summed E-state index contributed by atoms with van der Waals surface area (Å²) in [5, 5.41) is 10.2. The van der Waals surface area contributed by atoms with Crippen LogP contribution in [0.3, 0.4) is 0 Å². The van der Waals surface area contributed by atoms with Crippen LogP contribution in [0, 0.1) is 5.92 Å². The van der Waals surface area contributed by atoms with Crippen molar-refractivity contribution < 1.29 is 13.2 Å². The van der Waals surface area contributed by atoms with Crippen LogP contribution in [0.4, 0.5) is 13.2 Å². The van der Waals surface area contributed by atoms with E-state index in [1.807, 2.05) is 6.92 Å². The lowest BCUT2D eigenvalue weighted by Crippen LogP contribution is -2.46. The summed E-state index contributed by atoms with van der Waals surface area (Å²) in [5.74, 6) is -0.0160. The summed E-state index contributed by atoms with van der Waals surface area (Å²) in [6, 6.07) is -0.215. The van der Waals surface area contributed by atoms with Crippen molar-refractivity contribution in [3.8, 4) is 0 Å². The van der Waals surface area contributed by atoms with Crippen LogP contribution in [0.5, 0.6) is 0 Å². The summed E-state index contributed by atoms with van der Waals surface area (Å²) in [5.41, 5.74) is 0. The van der Waals surface area contributed by atoms with E-state index in [4.69, 9.17) is 0 Å². The number of nitrogens with one attached hydrogen (secondary N) is 2. The molecule has 1 saturated carbocycles. The first kappa shape index (κ1) is 17.6. The van der Waals surface area contributed by atoms with Crippen LogP contribution in [0.15, 0.2) is 11.3 Å². The minimum atomic E-state index is -4.12. The highest BCUT2D eigenvalue weighted by molar-refractivity contribution is 5.80. The molecule has 0 saturated heterocycles. The van der Waals surface area contributed by atoms with E-state index in [0.29, 0.717) is 31.3 Å². The van der Waals surface area contributed by atoms with Gasteiger partial charge in [0.25, 0.3) is 0 Å². The van der Waals surface area contributed by atoms with Crippen molar-refractivity contribution in [3.05, 3.63) is 12.2 Å². The minimum absolute atomic E-state index is 0.0951. The number of aryl methyl sites for hydroxylation is 1. The second kappa shape index (κ2) is 7.65. The fourth-order valence-electron chi connectivity index (χ4n) is 2.74. The molecule has 0 radical (unpaired) electrons. The number of rotatable bonds is 4. The fourth-order valence-corrected chi connectivity index (χ4v) is 2.74. The molecule has 0 amide bonds. The molecule has 0 aliphatic heterocycles. The first-order chi connectivity index (χ1) is 10.9. The predicted molar refractivity (Wildman–Crippen MR) is 80.8 cm³/mol. The molecule has 2 atom stereocenters. The fraction of sp³-hybridized carbons (Fsp3) is 0.786. The number of hydrogen-bond acceptors (Lipinski definition) is 3. The summed E-state index contributed by atoms with van der Waals surface area (Å²) < 4.78 is 40.3. The van der Waals surface area contributed by atoms with Gasteiger partial charge in [0.2, 0.25) is 0 Å². The molecule has 130 valence electrons. The average molecular weight is 332 g/mol. The van der Waals surface area contributed by atoms with Crippen LogP contribution >= 0.6 is 0 Å². The van der Waals surface area contributed by atoms with E-state index in [9.17, 15) is 13.2 Å². The van der Waals surface area contributed by atoms with Crippen molar-refractivity contribution in [1.82, 2.24) is 25.4 Å². The maximum Gasteiger partial charge on any atom is 0.391 e. The third-order valence-corrected chi connectivity index (χ3v) is 4.01. The van der Waals surface area contributed by atoms with Gasteiger partial charge >= 0.3 is 6.18 Å². The molecule has 9 heteroatoms. The van der Waals surface area contributed by atoms with Crippen LogP contribution in [0.1, 0.15) is 38.4 Å². The Morgan fingerprint density at radius 1 is 1.43 bits per heavy atom. The Morgan fingerprint density at radius 2 is 2.22 bits per heavy atom. The number of halogens is 3. The van der Waals surface area contributed by atoms with Gasteiger partial charge in [-0.3, -0.25) is 4.68 Å². The first-order valence-corrected chi connectivity index (χ1v) is 7.84. The molecule has 2 unspecified atom stereocenters.